The van der Waals surface area contributed by atoms with E-state index in [1.807, 2.05) is 24.3 Å². The van der Waals surface area contributed by atoms with Crippen LogP contribution in [0.3, 0.4) is 0 Å². The largest absolute Gasteiger partial charge is 0.491 e. The topological polar surface area (TPSA) is 59.7 Å². The van der Waals surface area contributed by atoms with Crippen molar-refractivity contribution >= 4 is 28.3 Å². The number of nitriles is 1. The molecule has 0 radical (unpaired) electrons. The van der Waals surface area contributed by atoms with E-state index in [1.54, 1.807) is 12.1 Å². The SMILES string of the molecule is N#Cc1ccc(CN2CCN(c3ccc(OCCO)cc3F)[C@H](c3ccc(CI)cc3)C2)cc1. The number of hydrogen-bond acceptors (Lipinski definition) is 5. The molecule has 0 aromatic heterocycles. The van der Waals surface area contributed by atoms with Gasteiger partial charge in [-0.2, -0.15) is 5.26 Å². The first-order valence-corrected chi connectivity index (χ1v) is 12.8. The summed E-state index contributed by atoms with van der Waals surface area (Å²) in [6, 6.07) is 23.3. The molecule has 0 spiro atoms. The molecule has 7 heteroatoms. The molecule has 3 aromatic rings. The molecule has 176 valence electrons. The Labute approximate surface area is 213 Å². The van der Waals surface area contributed by atoms with Crippen molar-refractivity contribution in [1.29, 1.82) is 5.26 Å². The van der Waals surface area contributed by atoms with Gasteiger partial charge < -0.3 is 14.7 Å². The minimum atomic E-state index is -0.329. The molecule has 5 nitrogen and oxygen atoms in total. The lowest BCUT2D eigenvalue weighted by atomic mass is 9.99. The third kappa shape index (κ3) is 5.87. The van der Waals surface area contributed by atoms with Crippen LogP contribution in [-0.2, 0) is 11.0 Å². The lowest BCUT2D eigenvalue weighted by Gasteiger charge is -2.43. The van der Waals surface area contributed by atoms with Crippen LogP contribution < -0.4 is 9.64 Å². The molecule has 1 aliphatic heterocycles. The van der Waals surface area contributed by atoms with Crippen LogP contribution in [0.4, 0.5) is 10.1 Å². The van der Waals surface area contributed by atoms with Crippen LogP contribution in [0, 0.1) is 17.1 Å². The molecule has 1 heterocycles. The number of anilines is 1. The van der Waals surface area contributed by atoms with Crippen LogP contribution in [-0.4, -0.2) is 42.9 Å². The van der Waals surface area contributed by atoms with Gasteiger partial charge in [-0.3, -0.25) is 4.90 Å². The summed E-state index contributed by atoms with van der Waals surface area (Å²) in [6.45, 7) is 3.04. The molecule has 0 aliphatic carbocycles. The number of aliphatic hydroxyl groups is 1. The molecule has 1 N–H and O–H groups in total. The summed E-state index contributed by atoms with van der Waals surface area (Å²) in [6.07, 6.45) is 0. The zero-order valence-corrected chi connectivity index (χ0v) is 21.0. The van der Waals surface area contributed by atoms with E-state index in [4.69, 9.17) is 15.1 Å². The summed E-state index contributed by atoms with van der Waals surface area (Å²) in [5.41, 5.74) is 4.78. The van der Waals surface area contributed by atoms with Crippen molar-refractivity contribution < 1.29 is 14.2 Å². The number of benzene rings is 3. The summed E-state index contributed by atoms with van der Waals surface area (Å²) in [5.74, 6) is 0.0857. The van der Waals surface area contributed by atoms with Crippen LogP contribution >= 0.6 is 22.6 Å². The normalized spacial score (nSPS) is 16.3. The zero-order chi connectivity index (χ0) is 23.9. The number of alkyl halides is 1. The van der Waals surface area contributed by atoms with Crippen molar-refractivity contribution in [3.05, 3.63) is 94.8 Å². The third-order valence-corrected chi connectivity index (χ3v) is 6.94. The van der Waals surface area contributed by atoms with E-state index in [1.165, 1.54) is 11.6 Å². The molecule has 0 saturated carbocycles. The second kappa shape index (κ2) is 11.6. The van der Waals surface area contributed by atoms with Crippen LogP contribution in [0.2, 0.25) is 0 Å². The van der Waals surface area contributed by atoms with Crippen molar-refractivity contribution in [2.24, 2.45) is 0 Å². The maximum Gasteiger partial charge on any atom is 0.150 e. The smallest absolute Gasteiger partial charge is 0.150 e. The minimum absolute atomic E-state index is 0.00546. The second-order valence-electron chi connectivity index (χ2n) is 8.31. The van der Waals surface area contributed by atoms with Gasteiger partial charge in [0.2, 0.25) is 0 Å². The number of ether oxygens (including phenoxy) is 1. The van der Waals surface area contributed by atoms with Gasteiger partial charge in [-0.15, -0.1) is 0 Å². The number of rotatable bonds is 8. The quantitative estimate of drug-likeness (QED) is 0.303. The van der Waals surface area contributed by atoms with Gasteiger partial charge in [-0.1, -0.05) is 59.0 Å². The summed E-state index contributed by atoms with van der Waals surface area (Å²) in [5, 5.41) is 18.0. The number of halogens is 2. The Bertz CT molecular complexity index is 1130. The second-order valence-corrected chi connectivity index (χ2v) is 9.08. The third-order valence-electron chi connectivity index (χ3n) is 6.06. The molecule has 1 atom stereocenters. The fourth-order valence-corrected chi connectivity index (χ4v) is 4.81. The Hall–Kier alpha value is -2.67. The molecular weight excluding hydrogens is 544 g/mol. The van der Waals surface area contributed by atoms with E-state index in [-0.39, 0.29) is 25.1 Å². The molecule has 1 saturated heterocycles. The molecule has 0 amide bonds. The van der Waals surface area contributed by atoms with Gasteiger partial charge in [-0.25, -0.2) is 4.39 Å². The van der Waals surface area contributed by atoms with Gasteiger partial charge in [0.25, 0.3) is 0 Å². The van der Waals surface area contributed by atoms with Crippen molar-refractivity contribution in [2.75, 3.05) is 37.7 Å². The van der Waals surface area contributed by atoms with E-state index in [0.29, 0.717) is 23.5 Å². The maximum atomic E-state index is 15.2. The van der Waals surface area contributed by atoms with Gasteiger partial charge in [0.05, 0.1) is 30.0 Å². The summed E-state index contributed by atoms with van der Waals surface area (Å²) < 4.78 is 21.5. The molecule has 4 rings (SSSR count). The van der Waals surface area contributed by atoms with Gasteiger partial charge in [0, 0.05) is 36.7 Å². The highest BCUT2D eigenvalue weighted by Gasteiger charge is 2.30. The highest BCUT2D eigenvalue weighted by Crippen LogP contribution is 2.34. The van der Waals surface area contributed by atoms with E-state index in [0.717, 1.165) is 35.2 Å². The van der Waals surface area contributed by atoms with E-state index in [9.17, 15) is 0 Å². The summed E-state index contributed by atoms with van der Waals surface area (Å²) >= 11 is 2.35. The van der Waals surface area contributed by atoms with Gasteiger partial charge in [-0.05, 0) is 41.0 Å². The first-order chi connectivity index (χ1) is 16.6. The van der Waals surface area contributed by atoms with Crippen LogP contribution in [0.5, 0.6) is 5.75 Å². The zero-order valence-electron chi connectivity index (χ0n) is 18.8. The lowest BCUT2D eigenvalue weighted by molar-refractivity contribution is 0.200. The molecule has 0 bridgehead atoms. The van der Waals surface area contributed by atoms with E-state index in [2.05, 4.69) is 62.7 Å². The maximum absolute atomic E-state index is 15.2. The Kier molecular flexibility index (Phi) is 8.38. The van der Waals surface area contributed by atoms with Crippen molar-refractivity contribution in [2.45, 2.75) is 17.0 Å². The molecule has 0 unspecified atom stereocenters. The Balaban J connectivity index is 1.58. The predicted molar refractivity (Wildman–Crippen MR) is 140 cm³/mol. The Morgan fingerprint density at radius 2 is 1.76 bits per heavy atom. The fraction of sp³-hybridized carbons (Fsp3) is 0.296. The van der Waals surface area contributed by atoms with Gasteiger partial charge in [0.15, 0.2) is 0 Å². The van der Waals surface area contributed by atoms with Crippen molar-refractivity contribution in [3.63, 3.8) is 0 Å². The Morgan fingerprint density at radius 1 is 1.03 bits per heavy atom. The number of piperazine rings is 1. The molecule has 34 heavy (non-hydrogen) atoms. The monoisotopic (exact) mass is 571 g/mol. The standard InChI is InChI=1S/C27H27FIN3O2/c28-25-15-24(34-14-13-33)9-10-26(25)32-12-11-31(18-22-3-1-21(17-30)2-4-22)19-27(32)23-7-5-20(16-29)6-8-23/h1-10,15,27,33H,11-14,16,18-19H2/t27-/m0/s1. The predicted octanol–water partition coefficient (Wildman–Crippen LogP) is 5.07. The van der Waals surface area contributed by atoms with Crippen LogP contribution in [0.15, 0.2) is 66.7 Å². The van der Waals surface area contributed by atoms with Crippen molar-refractivity contribution in [3.8, 4) is 11.8 Å². The fourth-order valence-electron chi connectivity index (χ4n) is 4.30. The van der Waals surface area contributed by atoms with Crippen LogP contribution in [0.25, 0.3) is 0 Å². The Morgan fingerprint density at radius 3 is 2.41 bits per heavy atom. The average molecular weight is 571 g/mol. The van der Waals surface area contributed by atoms with E-state index < -0.39 is 0 Å². The van der Waals surface area contributed by atoms with Gasteiger partial charge in [0.1, 0.15) is 18.2 Å². The molecule has 1 fully saturated rings. The summed E-state index contributed by atoms with van der Waals surface area (Å²) in [7, 11) is 0. The van der Waals surface area contributed by atoms with Crippen molar-refractivity contribution in [1.82, 2.24) is 4.90 Å². The molecule has 3 aromatic carbocycles. The average Bonchev–Trinajstić information content (AvgIpc) is 2.88. The van der Waals surface area contributed by atoms with Gasteiger partial charge >= 0.3 is 0 Å². The lowest BCUT2D eigenvalue weighted by Crippen LogP contribution is -2.48. The highest BCUT2D eigenvalue weighted by molar-refractivity contribution is 14.1. The molecule has 1 aliphatic rings. The highest BCUT2D eigenvalue weighted by atomic mass is 127. The summed E-state index contributed by atoms with van der Waals surface area (Å²) in [4.78, 5) is 4.52. The first kappa shape index (κ1) is 24.5. The first-order valence-electron chi connectivity index (χ1n) is 11.3. The number of aliphatic hydroxyl groups excluding tert-OH is 1. The number of hydrogen-bond donors (Lipinski definition) is 1. The van der Waals surface area contributed by atoms with Crippen LogP contribution in [0.1, 0.15) is 28.3 Å². The molecular formula is C27H27FIN3O2. The number of nitrogens with zero attached hydrogens (tertiary/aromatic N) is 3. The van der Waals surface area contributed by atoms with E-state index >= 15 is 4.39 Å². The minimum Gasteiger partial charge on any atom is -0.491 e.